The summed E-state index contributed by atoms with van der Waals surface area (Å²) in [5.74, 6) is -1.91. The van der Waals surface area contributed by atoms with E-state index in [4.69, 9.17) is 4.74 Å². The van der Waals surface area contributed by atoms with E-state index >= 15 is 0 Å². The molecule has 0 aromatic heterocycles. The lowest BCUT2D eigenvalue weighted by molar-refractivity contribution is -0.148. The second kappa shape index (κ2) is 9.43. The second-order valence-electron chi connectivity index (χ2n) is 7.34. The molecule has 0 aliphatic carbocycles. The van der Waals surface area contributed by atoms with Gasteiger partial charge in [-0.05, 0) is 56.5 Å². The van der Waals surface area contributed by atoms with Gasteiger partial charge in [-0.3, -0.25) is 9.59 Å². The van der Waals surface area contributed by atoms with Gasteiger partial charge in [0.05, 0.1) is 23.8 Å². The van der Waals surface area contributed by atoms with E-state index in [0.717, 1.165) is 18.4 Å². The number of carbonyl (C=O) groups is 3. The fourth-order valence-corrected chi connectivity index (χ4v) is 3.74. The molecular weight excluding hydrogens is 384 g/mol. The van der Waals surface area contributed by atoms with Gasteiger partial charge in [-0.2, -0.15) is 0 Å². The number of nitrogens with one attached hydrogen (secondary N) is 1. The summed E-state index contributed by atoms with van der Waals surface area (Å²) in [5.41, 5.74) is 2.39. The number of amides is 1. The summed E-state index contributed by atoms with van der Waals surface area (Å²) in [5, 5.41) is 12.5. The largest absolute Gasteiger partial charge is 0.478 e. The van der Waals surface area contributed by atoms with Crippen LogP contribution in [0.1, 0.15) is 46.0 Å². The third-order valence-corrected chi connectivity index (χ3v) is 5.26. The van der Waals surface area contributed by atoms with Gasteiger partial charge in [0.15, 0.2) is 0 Å². The third-order valence-electron chi connectivity index (χ3n) is 5.26. The Morgan fingerprint density at radius 2 is 1.93 bits per heavy atom. The topological polar surface area (TPSA) is 95.9 Å². The van der Waals surface area contributed by atoms with Crippen molar-refractivity contribution in [1.82, 2.24) is 0 Å². The molecule has 1 atom stereocenters. The first-order valence-electron chi connectivity index (χ1n) is 10.1. The molecule has 0 spiro atoms. The van der Waals surface area contributed by atoms with E-state index in [0.29, 0.717) is 36.6 Å². The van der Waals surface area contributed by atoms with Crippen molar-refractivity contribution < 1.29 is 24.2 Å². The van der Waals surface area contributed by atoms with Crippen LogP contribution in [-0.4, -0.2) is 42.6 Å². The first kappa shape index (κ1) is 21.4. The van der Waals surface area contributed by atoms with E-state index in [1.165, 1.54) is 6.07 Å². The van der Waals surface area contributed by atoms with Crippen molar-refractivity contribution in [2.75, 3.05) is 29.9 Å². The first-order chi connectivity index (χ1) is 14.4. The minimum Gasteiger partial charge on any atom is -0.478 e. The zero-order valence-corrected chi connectivity index (χ0v) is 17.2. The van der Waals surface area contributed by atoms with Crippen molar-refractivity contribution in [2.45, 2.75) is 26.7 Å². The summed E-state index contributed by atoms with van der Waals surface area (Å²) in [7, 11) is 0. The molecule has 2 aromatic rings. The van der Waals surface area contributed by atoms with Crippen LogP contribution < -0.4 is 10.2 Å². The van der Waals surface area contributed by atoms with Crippen LogP contribution in [0.15, 0.2) is 42.5 Å². The minimum atomic E-state index is -1.09. The van der Waals surface area contributed by atoms with Gasteiger partial charge >= 0.3 is 11.9 Å². The molecule has 1 fully saturated rings. The fourth-order valence-electron chi connectivity index (χ4n) is 3.74. The third kappa shape index (κ3) is 4.79. The van der Waals surface area contributed by atoms with E-state index < -0.39 is 5.97 Å². The molecule has 1 aliphatic rings. The number of esters is 1. The zero-order chi connectivity index (χ0) is 21.7. The van der Waals surface area contributed by atoms with Gasteiger partial charge in [0.2, 0.25) is 0 Å². The van der Waals surface area contributed by atoms with Gasteiger partial charge < -0.3 is 20.1 Å². The molecular formula is C23H26N2O5. The second-order valence-corrected chi connectivity index (χ2v) is 7.34. The Bertz CT molecular complexity index is 956. The van der Waals surface area contributed by atoms with E-state index in [1.807, 2.05) is 24.0 Å². The highest BCUT2D eigenvalue weighted by atomic mass is 16.5. The number of carboxylic acids is 1. The molecule has 158 valence electrons. The fraction of sp³-hybridized carbons (Fsp3) is 0.348. The Balaban J connectivity index is 1.82. The molecule has 1 heterocycles. The monoisotopic (exact) mass is 410 g/mol. The Hall–Kier alpha value is -3.35. The molecule has 0 unspecified atom stereocenters. The predicted octanol–water partition coefficient (Wildman–Crippen LogP) is 3.73. The van der Waals surface area contributed by atoms with E-state index in [9.17, 15) is 19.5 Å². The number of carboxylic acid groups (broad SMARTS) is 1. The first-order valence-corrected chi connectivity index (χ1v) is 10.1. The van der Waals surface area contributed by atoms with Crippen LogP contribution in [0.4, 0.5) is 11.4 Å². The Labute approximate surface area is 175 Å². The summed E-state index contributed by atoms with van der Waals surface area (Å²) >= 11 is 0. The molecule has 7 heteroatoms. The number of rotatable bonds is 6. The average Bonchev–Trinajstić information content (AvgIpc) is 2.74. The number of benzene rings is 2. The summed E-state index contributed by atoms with van der Waals surface area (Å²) < 4.78 is 5.13. The van der Waals surface area contributed by atoms with Crippen LogP contribution in [0.25, 0.3) is 0 Å². The number of aryl methyl sites for hydroxylation is 1. The van der Waals surface area contributed by atoms with Crippen LogP contribution in [0.2, 0.25) is 0 Å². The summed E-state index contributed by atoms with van der Waals surface area (Å²) in [4.78, 5) is 38.5. The molecule has 0 bridgehead atoms. The normalized spacial score (nSPS) is 16.1. The lowest BCUT2D eigenvalue weighted by atomic mass is 9.96. The highest BCUT2D eigenvalue weighted by Crippen LogP contribution is 2.29. The number of carbonyl (C=O) groups excluding carboxylic acids is 2. The Kier molecular flexibility index (Phi) is 6.72. The molecule has 1 amide bonds. The lowest BCUT2D eigenvalue weighted by Crippen LogP contribution is -2.40. The number of hydrogen-bond donors (Lipinski definition) is 2. The van der Waals surface area contributed by atoms with Crippen molar-refractivity contribution in [2.24, 2.45) is 5.92 Å². The predicted molar refractivity (Wildman–Crippen MR) is 114 cm³/mol. The molecule has 1 saturated heterocycles. The standard InChI is InChI=1S/C23H26N2O5/c1-3-30-23(29)16-8-6-12-25(14-16)20-11-10-17(13-19(20)22(27)28)24-21(26)18-9-5-4-7-15(18)2/h4-5,7,9-11,13,16H,3,6,8,12,14H2,1-2H3,(H,24,26)(H,27,28)/t16-/m0/s1. The average molecular weight is 410 g/mol. The van der Waals surface area contributed by atoms with Gasteiger partial charge in [-0.1, -0.05) is 18.2 Å². The number of piperidine rings is 1. The van der Waals surface area contributed by atoms with Crippen molar-refractivity contribution in [1.29, 1.82) is 0 Å². The van der Waals surface area contributed by atoms with Crippen molar-refractivity contribution in [3.8, 4) is 0 Å². The molecule has 0 saturated carbocycles. The number of nitrogens with zero attached hydrogens (tertiary/aromatic N) is 1. The van der Waals surface area contributed by atoms with Crippen molar-refractivity contribution in [3.63, 3.8) is 0 Å². The van der Waals surface area contributed by atoms with E-state index in [-0.39, 0.29) is 23.4 Å². The molecule has 7 nitrogen and oxygen atoms in total. The number of hydrogen-bond acceptors (Lipinski definition) is 5. The highest BCUT2D eigenvalue weighted by molar-refractivity contribution is 6.06. The molecule has 30 heavy (non-hydrogen) atoms. The van der Waals surface area contributed by atoms with Crippen LogP contribution in [0.5, 0.6) is 0 Å². The van der Waals surface area contributed by atoms with E-state index in [1.54, 1.807) is 31.2 Å². The van der Waals surface area contributed by atoms with Crippen molar-refractivity contribution in [3.05, 3.63) is 59.2 Å². The maximum Gasteiger partial charge on any atom is 0.337 e. The van der Waals surface area contributed by atoms with Crippen LogP contribution in [-0.2, 0) is 9.53 Å². The van der Waals surface area contributed by atoms with Gasteiger partial charge in [0, 0.05) is 24.3 Å². The maximum absolute atomic E-state index is 12.6. The molecule has 2 aromatic carbocycles. The molecule has 0 radical (unpaired) electrons. The smallest absolute Gasteiger partial charge is 0.337 e. The molecule has 3 rings (SSSR count). The zero-order valence-electron chi connectivity index (χ0n) is 17.2. The van der Waals surface area contributed by atoms with Crippen LogP contribution in [0.3, 0.4) is 0 Å². The van der Waals surface area contributed by atoms with Crippen LogP contribution >= 0.6 is 0 Å². The van der Waals surface area contributed by atoms with Gasteiger partial charge in [0.25, 0.3) is 5.91 Å². The highest BCUT2D eigenvalue weighted by Gasteiger charge is 2.29. The number of ether oxygens (including phenoxy) is 1. The Morgan fingerprint density at radius 3 is 2.63 bits per heavy atom. The van der Waals surface area contributed by atoms with Gasteiger partial charge in [0.1, 0.15) is 0 Å². The summed E-state index contributed by atoms with van der Waals surface area (Å²) in [6, 6.07) is 12.0. The van der Waals surface area contributed by atoms with Crippen molar-refractivity contribution >= 4 is 29.2 Å². The Morgan fingerprint density at radius 1 is 1.17 bits per heavy atom. The van der Waals surface area contributed by atoms with Crippen LogP contribution in [0, 0.1) is 12.8 Å². The summed E-state index contributed by atoms with van der Waals surface area (Å²) in [6.45, 7) is 5.01. The molecule has 2 N–H and O–H groups in total. The van der Waals surface area contributed by atoms with Gasteiger partial charge in [-0.25, -0.2) is 4.79 Å². The lowest BCUT2D eigenvalue weighted by Gasteiger charge is -2.34. The van der Waals surface area contributed by atoms with Gasteiger partial charge in [-0.15, -0.1) is 0 Å². The SMILES string of the molecule is CCOC(=O)[C@H]1CCCN(c2ccc(NC(=O)c3ccccc3C)cc2C(=O)O)C1. The molecule has 1 aliphatic heterocycles. The number of anilines is 2. The maximum atomic E-state index is 12.6. The number of aromatic carboxylic acids is 1. The minimum absolute atomic E-state index is 0.0853. The van der Waals surface area contributed by atoms with E-state index in [2.05, 4.69) is 5.32 Å². The quantitative estimate of drug-likeness (QED) is 0.705. The summed E-state index contributed by atoms with van der Waals surface area (Å²) in [6.07, 6.45) is 1.50.